The van der Waals surface area contributed by atoms with Crippen LogP contribution in [0.4, 0.5) is 20.9 Å². The number of carbonyl (C=O) groups is 1. The number of halogens is 1. The molecule has 28 heavy (non-hydrogen) atoms. The molecule has 0 spiro atoms. The van der Waals surface area contributed by atoms with E-state index in [9.17, 15) is 9.18 Å². The zero-order valence-electron chi connectivity index (χ0n) is 15.1. The van der Waals surface area contributed by atoms with Crippen molar-refractivity contribution in [3.63, 3.8) is 0 Å². The number of rotatable bonds is 8. The highest BCUT2D eigenvalue weighted by Gasteiger charge is 2.12. The summed E-state index contributed by atoms with van der Waals surface area (Å²) in [6.45, 7) is 0. The van der Waals surface area contributed by atoms with Gasteiger partial charge in [0.15, 0.2) is 4.34 Å². The Hall–Kier alpha value is -2.85. The number of nitrogens with one attached hydrogen (secondary N) is 2. The van der Waals surface area contributed by atoms with Crippen LogP contribution in [0, 0.1) is 5.82 Å². The standard InChI is InChI=1S/C18H17FN4O3S2/c1-25-11-7-8-15(26-2)14(9-11)20-16(24)10-27-18-23-22-17(28-18)21-13-6-4-3-5-12(13)19/h3-9H,10H2,1-2H3,(H,20,24)(H,21,22). The van der Waals surface area contributed by atoms with Crippen molar-refractivity contribution in [2.45, 2.75) is 4.34 Å². The lowest BCUT2D eigenvalue weighted by Crippen LogP contribution is -2.14. The molecule has 3 aromatic rings. The zero-order chi connectivity index (χ0) is 19.9. The highest BCUT2D eigenvalue weighted by molar-refractivity contribution is 8.01. The molecule has 0 bridgehead atoms. The lowest BCUT2D eigenvalue weighted by molar-refractivity contribution is -0.113. The van der Waals surface area contributed by atoms with Crippen LogP contribution in [-0.4, -0.2) is 36.1 Å². The molecule has 0 aliphatic carbocycles. The summed E-state index contributed by atoms with van der Waals surface area (Å²) in [4.78, 5) is 12.3. The van der Waals surface area contributed by atoms with Crippen molar-refractivity contribution in [2.24, 2.45) is 0 Å². The number of para-hydroxylation sites is 1. The summed E-state index contributed by atoms with van der Waals surface area (Å²) in [6, 6.07) is 11.4. The first-order valence-corrected chi connectivity index (χ1v) is 9.89. The van der Waals surface area contributed by atoms with Crippen molar-refractivity contribution < 1.29 is 18.7 Å². The van der Waals surface area contributed by atoms with Gasteiger partial charge in [-0.05, 0) is 24.3 Å². The summed E-state index contributed by atoms with van der Waals surface area (Å²) in [5, 5.41) is 14.1. The van der Waals surface area contributed by atoms with Crippen LogP contribution in [-0.2, 0) is 4.79 Å². The number of aromatic nitrogens is 2. The molecule has 0 aliphatic rings. The van der Waals surface area contributed by atoms with Gasteiger partial charge in [0.1, 0.15) is 17.3 Å². The number of hydrogen-bond donors (Lipinski definition) is 2. The van der Waals surface area contributed by atoms with E-state index in [-0.39, 0.29) is 17.5 Å². The second-order valence-electron chi connectivity index (χ2n) is 5.38. The number of hydrogen-bond acceptors (Lipinski definition) is 8. The average molecular weight is 420 g/mol. The van der Waals surface area contributed by atoms with Crippen LogP contribution in [0.3, 0.4) is 0 Å². The molecule has 10 heteroatoms. The second kappa shape index (κ2) is 9.38. The average Bonchev–Trinajstić information content (AvgIpc) is 3.15. The van der Waals surface area contributed by atoms with Crippen molar-refractivity contribution in [1.82, 2.24) is 10.2 Å². The van der Waals surface area contributed by atoms with Gasteiger partial charge in [-0.25, -0.2) is 4.39 Å². The van der Waals surface area contributed by atoms with Gasteiger partial charge in [-0.1, -0.05) is 35.2 Å². The first-order valence-electron chi connectivity index (χ1n) is 8.09. The molecule has 2 aromatic carbocycles. The maximum absolute atomic E-state index is 13.7. The van der Waals surface area contributed by atoms with E-state index in [4.69, 9.17) is 9.47 Å². The number of ether oxygens (including phenoxy) is 2. The number of thioether (sulfide) groups is 1. The zero-order valence-corrected chi connectivity index (χ0v) is 16.7. The van der Waals surface area contributed by atoms with Crippen LogP contribution in [0.25, 0.3) is 0 Å². The predicted octanol–water partition coefficient (Wildman–Crippen LogP) is 4.17. The quantitative estimate of drug-likeness (QED) is 0.529. The molecule has 1 amide bonds. The Labute approximate surface area is 169 Å². The Balaban J connectivity index is 1.57. The number of methoxy groups -OCH3 is 2. The van der Waals surface area contributed by atoms with E-state index < -0.39 is 0 Å². The molecular weight excluding hydrogens is 403 g/mol. The molecule has 0 aliphatic heterocycles. The minimum absolute atomic E-state index is 0.134. The Bertz CT molecular complexity index is 968. The van der Waals surface area contributed by atoms with E-state index >= 15 is 0 Å². The Morgan fingerprint density at radius 2 is 1.96 bits per heavy atom. The lowest BCUT2D eigenvalue weighted by atomic mass is 10.2. The van der Waals surface area contributed by atoms with Gasteiger partial charge in [0, 0.05) is 6.07 Å². The molecule has 7 nitrogen and oxygen atoms in total. The lowest BCUT2D eigenvalue weighted by Gasteiger charge is -2.11. The third-order valence-electron chi connectivity index (χ3n) is 3.53. The fourth-order valence-corrected chi connectivity index (χ4v) is 3.79. The Morgan fingerprint density at radius 3 is 2.71 bits per heavy atom. The van der Waals surface area contributed by atoms with Gasteiger partial charge in [0.25, 0.3) is 0 Å². The molecule has 0 saturated heterocycles. The van der Waals surface area contributed by atoms with Gasteiger partial charge in [-0.15, -0.1) is 10.2 Å². The topological polar surface area (TPSA) is 85.4 Å². The summed E-state index contributed by atoms with van der Waals surface area (Å²) in [7, 11) is 3.07. The van der Waals surface area contributed by atoms with E-state index in [1.807, 2.05) is 0 Å². The van der Waals surface area contributed by atoms with Gasteiger partial charge in [-0.3, -0.25) is 4.79 Å². The fourth-order valence-electron chi connectivity index (χ4n) is 2.22. The predicted molar refractivity (Wildman–Crippen MR) is 108 cm³/mol. The third kappa shape index (κ3) is 5.11. The normalized spacial score (nSPS) is 10.4. The Morgan fingerprint density at radius 1 is 1.14 bits per heavy atom. The molecule has 3 rings (SSSR count). The van der Waals surface area contributed by atoms with Crippen LogP contribution in [0.2, 0.25) is 0 Å². The summed E-state index contributed by atoms with van der Waals surface area (Å²) < 4.78 is 24.7. The minimum Gasteiger partial charge on any atom is -0.497 e. The van der Waals surface area contributed by atoms with E-state index in [0.717, 1.165) is 0 Å². The van der Waals surface area contributed by atoms with Crippen molar-refractivity contribution in [2.75, 3.05) is 30.6 Å². The first kappa shape index (κ1) is 19.9. The third-order valence-corrected chi connectivity index (χ3v) is 5.50. The molecule has 0 fully saturated rings. The van der Waals surface area contributed by atoms with Gasteiger partial charge in [0.2, 0.25) is 11.0 Å². The number of nitrogens with zero attached hydrogens (tertiary/aromatic N) is 2. The van der Waals surface area contributed by atoms with E-state index in [0.29, 0.717) is 32.3 Å². The van der Waals surface area contributed by atoms with Crippen LogP contribution in [0.15, 0.2) is 46.8 Å². The molecule has 0 unspecified atom stereocenters. The van der Waals surface area contributed by atoms with Crippen molar-refractivity contribution in [1.29, 1.82) is 0 Å². The largest absolute Gasteiger partial charge is 0.497 e. The van der Waals surface area contributed by atoms with Gasteiger partial charge in [-0.2, -0.15) is 0 Å². The van der Waals surface area contributed by atoms with Crippen LogP contribution in [0.5, 0.6) is 11.5 Å². The highest BCUT2D eigenvalue weighted by Crippen LogP contribution is 2.31. The smallest absolute Gasteiger partial charge is 0.234 e. The van der Waals surface area contributed by atoms with Gasteiger partial charge in [0.05, 0.1) is 31.3 Å². The molecule has 1 heterocycles. The van der Waals surface area contributed by atoms with Gasteiger partial charge < -0.3 is 20.1 Å². The molecule has 0 radical (unpaired) electrons. The molecule has 1 aromatic heterocycles. The molecule has 0 saturated carbocycles. The van der Waals surface area contributed by atoms with Crippen molar-refractivity contribution >= 4 is 45.5 Å². The SMILES string of the molecule is COc1ccc(OC)c(NC(=O)CSc2nnc(Nc3ccccc3F)s2)c1. The monoisotopic (exact) mass is 420 g/mol. The maximum atomic E-state index is 13.7. The molecule has 2 N–H and O–H groups in total. The summed E-state index contributed by atoms with van der Waals surface area (Å²) in [5.41, 5.74) is 0.838. The van der Waals surface area contributed by atoms with E-state index in [1.54, 1.807) is 43.5 Å². The molecular formula is C18H17FN4O3S2. The van der Waals surface area contributed by atoms with E-state index in [1.165, 1.54) is 36.3 Å². The summed E-state index contributed by atoms with van der Waals surface area (Å²) in [6.07, 6.45) is 0. The van der Waals surface area contributed by atoms with Gasteiger partial charge >= 0.3 is 0 Å². The van der Waals surface area contributed by atoms with Crippen LogP contribution in [0.1, 0.15) is 0 Å². The number of amides is 1. The Kier molecular flexibility index (Phi) is 6.66. The summed E-state index contributed by atoms with van der Waals surface area (Å²) >= 11 is 2.47. The minimum atomic E-state index is -0.376. The molecule has 146 valence electrons. The van der Waals surface area contributed by atoms with Crippen molar-refractivity contribution in [3.8, 4) is 11.5 Å². The fraction of sp³-hybridized carbons (Fsp3) is 0.167. The number of carbonyl (C=O) groups excluding carboxylic acids is 1. The molecule has 0 atom stereocenters. The first-order chi connectivity index (χ1) is 13.6. The number of benzene rings is 2. The number of anilines is 3. The highest BCUT2D eigenvalue weighted by atomic mass is 32.2. The van der Waals surface area contributed by atoms with Crippen LogP contribution >= 0.6 is 23.1 Å². The van der Waals surface area contributed by atoms with E-state index in [2.05, 4.69) is 20.8 Å². The summed E-state index contributed by atoms with van der Waals surface area (Å²) in [5.74, 6) is 0.673. The van der Waals surface area contributed by atoms with Crippen molar-refractivity contribution in [3.05, 3.63) is 48.3 Å². The second-order valence-corrected chi connectivity index (χ2v) is 7.58. The van der Waals surface area contributed by atoms with Crippen LogP contribution < -0.4 is 20.1 Å². The maximum Gasteiger partial charge on any atom is 0.234 e.